The number of amides is 2. The molecule has 0 spiro atoms. The van der Waals surface area contributed by atoms with Gasteiger partial charge in [-0.05, 0) is 24.1 Å². The van der Waals surface area contributed by atoms with Gasteiger partial charge in [-0.1, -0.05) is 54.2 Å². The number of nitrogens with zero attached hydrogens (tertiary/aromatic N) is 1. The third-order valence-corrected chi connectivity index (χ3v) is 5.60. The highest BCUT2D eigenvalue weighted by Crippen LogP contribution is 2.43. The van der Waals surface area contributed by atoms with Crippen molar-refractivity contribution in [2.45, 2.75) is 50.8 Å². The number of carbonyl (C=O) groups excluding carboxylic acids is 3. The van der Waals surface area contributed by atoms with Crippen LogP contribution in [0.2, 0.25) is 0 Å². The van der Waals surface area contributed by atoms with Crippen LogP contribution in [0.4, 0.5) is 4.39 Å². The Morgan fingerprint density at radius 2 is 1.96 bits per heavy atom. The molecule has 3 atom stereocenters. The van der Waals surface area contributed by atoms with Crippen LogP contribution in [0.15, 0.2) is 28.7 Å². The quantitative estimate of drug-likeness (QED) is 0.349. The van der Waals surface area contributed by atoms with Gasteiger partial charge in [-0.3, -0.25) is 14.5 Å². The lowest BCUT2D eigenvalue weighted by Gasteiger charge is -2.31. The lowest BCUT2D eigenvalue weighted by Crippen LogP contribution is -2.50. The van der Waals surface area contributed by atoms with E-state index in [9.17, 15) is 19.5 Å². The summed E-state index contributed by atoms with van der Waals surface area (Å²) in [5, 5.41) is 10.7. The molecule has 1 fully saturated rings. The molecule has 1 heterocycles. The van der Waals surface area contributed by atoms with E-state index in [4.69, 9.17) is 0 Å². The molecule has 0 bridgehead atoms. The zero-order chi connectivity index (χ0) is 20.9. The number of carbonyl (C=O) groups is 3. The number of ether oxygens (including phenoxy) is 1. The highest BCUT2D eigenvalue weighted by atomic mass is 79.9. The number of halogens is 2. The van der Waals surface area contributed by atoms with Gasteiger partial charge in [0.1, 0.15) is 6.10 Å². The molecule has 6 nitrogen and oxygen atoms in total. The fourth-order valence-corrected chi connectivity index (χ4v) is 3.70. The van der Waals surface area contributed by atoms with Crippen molar-refractivity contribution < 1.29 is 28.6 Å². The molecular weight excluding hydrogens is 433 g/mol. The van der Waals surface area contributed by atoms with Crippen LogP contribution in [0.25, 0.3) is 0 Å². The van der Waals surface area contributed by atoms with Crippen molar-refractivity contribution in [3.63, 3.8) is 0 Å². The number of rotatable bonds is 9. The van der Waals surface area contributed by atoms with Crippen LogP contribution in [-0.2, 0) is 19.1 Å². The number of benzene rings is 1. The van der Waals surface area contributed by atoms with Crippen molar-refractivity contribution in [1.29, 1.82) is 0 Å². The summed E-state index contributed by atoms with van der Waals surface area (Å²) in [7, 11) is 0.981. The van der Waals surface area contributed by atoms with E-state index >= 15 is 4.39 Å². The summed E-state index contributed by atoms with van der Waals surface area (Å²) in [6.45, 7) is 2.22. The smallest absolute Gasteiger partial charge is 0.347 e. The van der Waals surface area contributed by atoms with Crippen molar-refractivity contribution in [3.8, 4) is 0 Å². The molecule has 154 valence electrons. The summed E-state index contributed by atoms with van der Waals surface area (Å²) < 4.78 is 21.2. The molecule has 2 rings (SSSR count). The van der Waals surface area contributed by atoms with Crippen LogP contribution >= 0.6 is 15.9 Å². The van der Waals surface area contributed by atoms with Gasteiger partial charge in [0.2, 0.25) is 17.5 Å². The molecule has 1 aromatic carbocycles. The average molecular weight is 458 g/mol. The molecule has 1 aliphatic rings. The molecule has 1 unspecified atom stereocenters. The third-order valence-electron chi connectivity index (χ3n) is 5.07. The van der Waals surface area contributed by atoms with Crippen LogP contribution in [0.5, 0.6) is 0 Å². The average Bonchev–Trinajstić information content (AvgIpc) is 2.98. The van der Waals surface area contributed by atoms with Gasteiger partial charge in [-0.25, -0.2) is 9.18 Å². The van der Waals surface area contributed by atoms with E-state index < -0.39 is 41.9 Å². The minimum atomic E-state index is -3.06. The molecule has 0 saturated carbocycles. The normalized spacial score (nSPS) is 20.2. The Kier molecular flexibility index (Phi) is 7.71. The van der Waals surface area contributed by atoms with Crippen molar-refractivity contribution >= 4 is 33.7 Å². The number of aliphatic hydroxyl groups is 1. The Morgan fingerprint density at radius 1 is 1.32 bits per heavy atom. The Hall–Kier alpha value is -1.80. The van der Waals surface area contributed by atoms with Crippen molar-refractivity contribution in [1.82, 2.24) is 4.90 Å². The summed E-state index contributed by atoms with van der Waals surface area (Å²) >= 11 is 3.24. The second-order valence-corrected chi connectivity index (χ2v) is 7.83. The molecule has 0 aromatic heterocycles. The fraction of sp³-hybridized carbons (Fsp3) is 0.550. The van der Waals surface area contributed by atoms with Crippen LogP contribution < -0.4 is 0 Å². The highest BCUT2D eigenvalue weighted by Gasteiger charge is 2.61. The number of aliphatic hydroxyl groups excluding tert-OH is 1. The summed E-state index contributed by atoms with van der Waals surface area (Å²) in [4.78, 5) is 38.4. The Morgan fingerprint density at radius 3 is 2.54 bits per heavy atom. The van der Waals surface area contributed by atoms with E-state index in [1.807, 2.05) is 6.92 Å². The van der Waals surface area contributed by atoms with Gasteiger partial charge in [0.15, 0.2) is 0 Å². The molecule has 1 aliphatic heterocycles. The second-order valence-electron chi connectivity index (χ2n) is 6.91. The third kappa shape index (κ3) is 4.43. The van der Waals surface area contributed by atoms with Crippen molar-refractivity contribution in [3.05, 3.63) is 34.3 Å². The Labute approximate surface area is 172 Å². The second kappa shape index (κ2) is 9.60. The summed E-state index contributed by atoms with van der Waals surface area (Å²) in [6, 6.07) is 6.04. The van der Waals surface area contributed by atoms with Crippen LogP contribution in [-0.4, -0.2) is 47.1 Å². The maximum absolute atomic E-state index is 16.0. The van der Waals surface area contributed by atoms with Gasteiger partial charge in [0.05, 0.1) is 13.0 Å². The number of hydrogen-bond acceptors (Lipinski definition) is 5. The maximum atomic E-state index is 16.0. The van der Waals surface area contributed by atoms with Gasteiger partial charge in [0.25, 0.3) is 0 Å². The predicted octanol–water partition coefficient (Wildman–Crippen LogP) is 3.32. The molecule has 8 heteroatoms. The number of esters is 1. The minimum Gasteiger partial charge on any atom is -0.467 e. The first kappa shape index (κ1) is 22.5. The molecule has 1 N–H and O–H groups in total. The van der Waals surface area contributed by atoms with Crippen LogP contribution in [0.3, 0.4) is 0 Å². The lowest BCUT2D eigenvalue weighted by atomic mass is 9.80. The number of hydrogen-bond donors (Lipinski definition) is 1. The number of methoxy groups -OCH3 is 1. The van der Waals surface area contributed by atoms with E-state index in [0.29, 0.717) is 10.9 Å². The molecule has 1 aromatic rings. The van der Waals surface area contributed by atoms with Gasteiger partial charge in [0, 0.05) is 17.4 Å². The summed E-state index contributed by atoms with van der Waals surface area (Å²) in [5.41, 5.74) is -2.95. The number of alkyl halides is 1. The summed E-state index contributed by atoms with van der Waals surface area (Å²) in [5.74, 6) is -4.33. The minimum absolute atomic E-state index is 0.109. The first-order valence-corrected chi connectivity index (χ1v) is 10.1. The SMILES string of the molecule is CCCCCCN1C(=O)CC([C@@](F)(C(=O)OC)[C@H](O)c2ccc(Br)cc2)C1=O. The zero-order valence-electron chi connectivity index (χ0n) is 16.0. The largest absolute Gasteiger partial charge is 0.467 e. The van der Waals surface area contributed by atoms with Crippen molar-refractivity contribution in [2.75, 3.05) is 13.7 Å². The van der Waals surface area contributed by atoms with Gasteiger partial charge >= 0.3 is 5.97 Å². The van der Waals surface area contributed by atoms with Crippen molar-refractivity contribution in [2.24, 2.45) is 5.92 Å². The van der Waals surface area contributed by atoms with E-state index in [-0.39, 0.29) is 12.1 Å². The van der Waals surface area contributed by atoms with Crippen LogP contribution in [0, 0.1) is 5.92 Å². The number of imide groups is 1. The van der Waals surface area contributed by atoms with Gasteiger partial charge < -0.3 is 9.84 Å². The molecular formula is C20H25BrFNO5. The lowest BCUT2D eigenvalue weighted by molar-refractivity contribution is -0.174. The molecule has 28 heavy (non-hydrogen) atoms. The molecule has 1 saturated heterocycles. The summed E-state index contributed by atoms with van der Waals surface area (Å²) in [6.07, 6.45) is 1.00. The molecule has 0 aliphatic carbocycles. The van der Waals surface area contributed by atoms with Gasteiger partial charge in [-0.15, -0.1) is 0 Å². The number of unbranched alkanes of at least 4 members (excludes halogenated alkanes) is 3. The van der Waals surface area contributed by atoms with E-state index in [2.05, 4.69) is 20.7 Å². The van der Waals surface area contributed by atoms with E-state index in [0.717, 1.165) is 31.3 Å². The standard InChI is InChI=1S/C20H25BrFNO5/c1-3-4-5-6-11-23-16(24)12-15(18(23)26)20(22,19(27)28-2)17(25)13-7-9-14(21)10-8-13/h7-10,15,17,25H,3-6,11-12H2,1-2H3/t15?,17-,20+/m1/s1. The van der Waals surface area contributed by atoms with Crippen LogP contribution in [0.1, 0.15) is 50.7 Å². The monoisotopic (exact) mass is 457 g/mol. The first-order valence-electron chi connectivity index (χ1n) is 9.32. The fourth-order valence-electron chi connectivity index (χ4n) is 3.43. The molecule has 2 amide bonds. The topological polar surface area (TPSA) is 83.9 Å². The Balaban J connectivity index is 2.29. The maximum Gasteiger partial charge on any atom is 0.347 e. The zero-order valence-corrected chi connectivity index (χ0v) is 17.6. The van der Waals surface area contributed by atoms with E-state index in [1.54, 1.807) is 12.1 Å². The molecule has 0 radical (unpaired) electrons. The number of likely N-dealkylation sites (tertiary alicyclic amines) is 1. The van der Waals surface area contributed by atoms with E-state index in [1.165, 1.54) is 12.1 Å². The highest BCUT2D eigenvalue weighted by molar-refractivity contribution is 9.10. The van der Waals surface area contributed by atoms with Gasteiger partial charge in [-0.2, -0.15) is 0 Å². The Bertz CT molecular complexity index is 726. The predicted molar refractivity (Wildman–Crippen MR) is 104 cm³/mol. The first-order chi connectivity index (χ1) is 13.3.